The summed E-state index contributed by atoms with van der Waals surface area (Å²) in [5.74, 6) is 0.527. The molecule has 0 radical (unpaired) electrons. The van der Waals surface area contributed by atoms with Crippen LogP contribution in [0.25, 0.3) is 21.9 Å². The van der Waals surface area contributed by atoms with Crippen LogP contribution in [-0.2, 0) is 4.79 Å². The summed E-state index contributed by atoms with van der Waals surface area (Å²) in [6, 6.07) is 21.3. The van der Waals surface area contributed by atoms with Gasteiger partial charge in [-0.3, -0.25) is 4.79 Å². The first kappa shape index (κ1) is 17.2. The Balaban J connectivity index is 1.54. The predicted octanol–water partition coefficient (Wildman–Crippen LogP) is 5.69. The fourth-order valence-electron chi connectivity index (χ4n) is 3.20. The fourth-order valence-corrected chi connectivity index (χ4v) is 3.20. The van der Waals surface area contributed by atoms with Gasteiger partial charge in [0.25, 0.3) is 5.91 Å². The smallest absolute Gasteiger partial charge is 0.265 e. The second-order valence-corrected chi connectivity index (χ2v) is 6.63. The van der Waals surface area contributed by atoms with E-state index in [0.717, 1.165) is 27.5 Å². The molecule has 4 aromatic rings. The zero-order valence-corrected chi connectivity index (χ0v) is 15.4. The fraction of sp³-hybridized carbons (Fsp3) is 0.174. The third-order valence-corrected chi connectivity index (χ3v) is 4.58. The molecule has 0 spiro atoms. The number of rotatable bonds is 5. The molecule has 1 aromatic heterocycles. The van der Waals surface area contributed by atoms with Crippen LogP contribution >= 0.6 is 0 Å². The van der Waals surface area contributed by atoms with E-state index in [4.69, 9.17) is 9.15 Å². The quantitative estimate of drug-likeness (QED) is 0.498. The van der Waals surface area contributed by atoms with Crippen molar-refractivity contribution >= 4 is 33.5 Å². The number of ether oxygens (including phenoxy) is 1. The standard InChI is InChI=1S/C23H21NO3/c1-3-20(26-17-8-6-7-15(2)13-17)23(25)24-16-11-12-19-18-9-4-5-10-21(18)27-22(19)14-16/h4-14,20H,3H2,1-2H3,(H,24,25)/t20-/m1/s1. The predicted molar refractivity (Wildman–Crippen MR) is 108 cm³/mol. The van der Waals surface area contributed by atoms with Gasteiger partial charge in [-0.15, -0.1) is 0 Å². The van der Waals surface area contributed by atoms with Crippen molar-refractivity contribution in [2.75, 3.05) is 5.32 Å². The van der Waals surface area contributed by atoms with Gasteiger partial charge in [0, 0.05) is 22.5 Å². The molecule has 136 valence electrons. The lowest BCUT2D eigenvalue weighted by atomic mass is 10.1. The third-order valence-electron chi connectivity index (χ3n) is 4.58. The Morgan fingerprint density at radius 1 is 1.00 bits per heavy atom. The third kappa shape index (κ3) is 3.51. The maximum Gasteiger partial charge on any atom is 0.265 e. The van der Waals surface area contributed by atoms with Crippen molar-refractivity contribution in [2.45, 2.75) is 26.4 Å². The van der Waals surface area contributed by atoms with Gasteiger partial charge in [-0.1, -0.05) is 37.3 Å². The molecule has 4 nitrogen and oxygen atoms in total. The molecule has 4 rings (SSSR count). The molecule has 1 heterocycles. The van der Waals surface area contributed by atoms with E-state index in [1.165, 1.54) is 0 Å². The summed E-state index contributed by atoms with van der Waals surface area (Å²) < 4.78 is 11.8. The van der Waals surface area contributed by atoms with Crippen LogP contribution in [0.15, 0.2) is 71.1 Å². The number of benzene rings is 3. The minimum atomic E-state index is -0.557. The van der Waals surface area contributed by atoms with Crippen molar-refractivity contribution < 1.29 is 13.9 Å². The van der Waals surface area contributed by atoms with Gasteiger partial charge in [0.15, 0.2) is 6.10 Å². The lowest BCUT2D eigenvalue weighted by Gasteiger charge is -2.17. The highest BCUT2D eigenvalue weighted by Gasteiger charge is 2.19. The summed E-state index contributed by atoms with van der Waals surface area (Å²) in [7, 11) is 0. The van der Waals surface area contributed by atoms with E-state index in [9.17, 15) is 4.79 Å². The number of hydrogen-bond acceptors (Lipinski definition) is 3. The van der Waals surface area contributed by atoms with Crippen molar-refractivity contribution in [3.63, 3.8) is 0 Å². The summed E-state index contributed by atoms with van der Waals surface area (Å²) in [6.07, 6.45) is 0.0188. The van der Waals surface area contributed by atoms with Gasteiger partial charge < -0.3 is 14.5 Å². The van der Waals surface area contributed by atoms with Crippen LogP contribution in [0.4, 0.5) is 5.69 Å². The number of para-hydroxylation sites is 1. The zero-order valence-electron chi connectivity index (χ0n) is 15.4. The Morgan fingerprint density at radius 3 is 2.63 bits per heavy atom. The van der Waals surface area contributed by atoms with Crippen molar-refractivity contribution in [3.05, 3.63) is 72.3 Å². The molecule has 27 heavy (non-hydrogen) atoms. The largest absolute Gasteiger partial charge is 0.481 e. The number of nitrogens with one attached hydrogen (secondary N) is 1. The van der Waals surface area contributed by atoms with Crippen molar-refractivity contribution in [1.29, 1.82) is 0 Å². The number of carbonyl (C=O) groups excluding carboxylic acids is 1. The highest BCUT2D eigenvalue weighted by atomic mass is 16.5. The number of aryl methyl sites for hydroxylation is 1. The Bertz CT molecular complexity index is 1110. The molecule has 1 amide bonds. The monoisotopic (exact) mass is 359 g/mol. The molecule has 3 aromatic carbocycles. The topological polar surface area (TPSA) is 51.5 Å². The molecular formula is C23H21NO3. The van der Waals surface area contributed by atoms with Gasteiger partial charge in [0.1, 0.15) is 16.9 Å². The molecule has 0 aliphatic rings. The number of furan rings is 1. The van der Waals surface area contributed by atoms with Gasteiger partial charge in [0.05, 0.1) is 0 Å². The lowest BCUT2D eigenvalue weighted by Crippen LogP contribution is -2.32. The average Bonchev–Trinajstić information content (AvgIpc) is 3.03. The van der Waals surface area contributed by atoms with E-state index in [1.807, 2.05) is 80.6 Å². The minimum Gasteiger partial charge on any atom is -0.481 e. The summed E-state index contributed by atoms with van der Waals surface area (Å²) in [6.45, 7) is 3.93. The van der Waals surface area contributed by atoms with Crippen LogP contribution in [0.2, 0.25) is 0 Å². The summed E-state index contributed by atoms with van der Waals surface area (Å²) in [5, 5.41) is 5.04. The van der Waals surface area contributed by atoms with Crippen LogP contribution in [0.3, 0.4) is 0 Å². The molecule has 0 unspecified atom stereocenters. The van der Waals surface area contributed by atoms with Crippen LogP contribution in [0.5, 0.6) is 5.75 Å². The van der Waals surface area contributed by atoms with E-state index < -0.39 is 6.10 Å². The first-order valence-corrected chi connectivity index (χ1v) is 9.09. The van der Waals surface area contributed by atoms with Crippen LogP contribution in [-0.4, -0.2) is 12.0 Å². The number of amides is 1. The molecule has 0 fully saturated rings. The van der Waals surface area contributed by atoms with Crippen molar-refractivity contribution in [3.8, 4) is 5.75 Å². The Kier molecular flexibility index (Phi) is 4.55. The van der Waals surface area contributed by atoms with Crippen molar-refractivity contribution in [2.24, 2.45) is 0 Å². The van der Waals surface area contributed by atoms with E-state index >= 15 is 0 Å². The molecule has 0 saturated heterocycles. The Morgan fingerprint density at radius 2 is 1.81 bits per heavy atom. The molecule has 0 aliphatic carbocycles. The SMILES string of the molecule is CC[C@@H](Oc1cccc(C)c1)C(=O)Nc1ccc2c(c1)oc1ccccc12. The van der Waals surface area contributed by atoms with E-state index in [1.54, 1.807) is 0 Å². The molecule has 1 atom stereocenters. The van der Waals surface area contributed by atoms with Crippen LogP contribution in [0, 0.1) is 6.92 Å². The number of fused-ring (bicyclic) bond motifs is 3. The first-order chi connectivity index (χ1) is 13.1. The molecule has 0 aliphatic heterocycles. The average molecular weight is 359 g/mol. The lowest BCUT2D eigenvalue weighted by molar-refractivity contribution is -0.122. The van der Waals surface area contributed by atoms with Gasteiger partial charge >= 0.3 is 0 Å². The highest BCUT2D eigenvalue weighted by molar-refractivity contribution is 6.06. The Hall–Kier alpha value is -3.27. The molecule has 0 bridgehead atoms. The van der Waals surface area contributed by atoms with Gasteiger partial charge in [-0.2, -0.15) is 0 Å². The van der Waals surface area contributed by atoms with Gasteiger partial charge in [0.2, 0.25) is 0 Å². The van der Waals surface area contributed by atoms with E-state index in [2.05, 4.69) is 5.32 Å². The van der Waals surface area contributed by atoms with E-state index in [-0.39, 0.29) is 5.91 Å². The second kappa shape index (κ2) is 7.16. The second-order valence-electron chi connectivity index (χ2n) is 6.63. The number of carbonyl (C=O) groups is 1. The van der Waals surface area contributed by atoms with Crippen molar-refractivity contribution in [1.82, 2.24) is 0 Å². The zero-order chi connectivity index (χ0) is 18.8. The van der Waals surface area contributed by atoms with Gasteiger partial charge in [-0.05, 0) is 49.2 Å². The highest BCUT2D eigenvalue weighted by Crippen LogP contribution is 2.30. The minimum absolute atomic E-state index is 0.172. The van der Waals surface area contributed by atoms with E-state index in [0.29, 0.717) is 17.9 Å². The molecule has 0 saturated carbocycles. The van der Waals surface area contributed by atoms with Crippen LogP contribution in [0.1, 0.15) is 18.9 Å². The normalized spacial score (nSPS) is 12.2. The summed E-state index contributed by atoms with van der Waals surface area (Å²) >= 11 is 0. The van der Waals surface area contributed by atoms with Gasteiger partial charge in [-0.25, -0.2) is 0 Å². The summed E-state index contributed by atoms with van der Waals surface area (Å²) in [4.78, 5) is 12.7. The number of anilines is 1. The maximum atomic E-state index is 12.7. The van der Waals surface area contributed by atoms with Crippen LogP contribution < -0.4 is 10.1 Å². The Labute approximate surface area is 157 Å². The molecular weight excluding hydrogens is 338 g/mol. The molecule has 1 N–H and O–H groups in total. The first-order valence-electron chi connectivity index (χ1n) is 9.09. The number of hydrogen-bond donors (Lipinski definition) is 1. The maximum absolute atomic E-state index is 12.7. The molecule has 4 heteroatoms. The summed E-state index contributed by atoms with van der Waals surface area (Å²) in [5.41, 5.74) is 3.38.